The molecular formula is C35H71O21P3. The van der Waals surface area contributed by atoms with E-state index in [2.05, 4.69) is 0 Å². The van der Waals surface area contributed by atoms with Crippen molar-refractivity contribution in [1.82, 2.24) is 0 Å². The first-order valence-corrected chi connectivity index (χ1v) is 24.1. The van der Waals surface area contributed by atoms with Gasteiger partial charge in [0.25, 0.3) is 0 Å². The van der Waals surface area contributed by atoms with Crippen molar-refractivity contribution in [3.63, 3.8) is 0 Å². The number of hydrogen-bond acceptors (Lipinski definition) is 21. The molecule has 4 saturated heterocycles. The monoisotopic (exact) mass is 920 g/mol. The van der Waals surface area contributed by atoms with Crippen LogP contribution in [-0.2, 0) is 78.7 Å². The first-order chi connectivity index (χ1) is 27.0. The molecule has 0 aliphatic carbocycles. The van der Waals surface area contributed by atoms with Crippen LogP contribution >= 0.6 is 22.8 Å². The summed E-state index contributed by atoms with van der Waals surface area (Å²) in [6.07, 6.45) is -14.6. The van der Waals surface area contributed by atoms with Gasteiger partial charge in [-0.05, 0) is 34.1 Å². The molecule has 4 rings (SSSR count). The molecule has 21 nitrogen and oxygen atoms in total. The Hall–Kier alpha value is -0.0300. The van der Waals surface area contributed by atoms with Crippen LogP contribution in [-0.4, -0.2) is 186 Å². The maximum absolute atomic E-state index is 14.0. The maximum Gasteiger partial charge on any atom is 0.356 e. The summed E-state index contributed by atoms with van der Waals surface area (Å²) in [5, 5.41) is 40.2. The smallest absolute Gasteiger partial charge is 0.356 e. The summed E-state index contributed by atoms with van der Waals surface area (Å²) < 4.78 is 122. The molecule has 0 amide bonds. The summed E-state index contributed by atoms with van der Waals surface area (Å²) >= 11 is 0. The van der Waals surface area contributed by atoms with Gasteiger partial charge in [0, 0.05) is 41.0 Å². The minimum Gasteiger partial charge on any atom is -0.396 e. The summed E-state index contributed by atoms with van der Waals surface area (Å²) in [7, 11) is -7.26. The standard InChI is InChI=1S/C33H63O21P3.2CH4/c1-18-19(2)48-24(27(18)41-6)12-45-56(39,16-36)53-32-26(51-21(4)29(32)43-8)14-47-57(40,17-37)54-33-25(50-22(5)30(33)44-9)13-46-55(38,15-35)52-31-23(10-11-34)49-20(3)28(31)42-7;;/h18-37H,10-17H2,1-9H3;2*1H4/t18?,19-,20-,21-,22-,23+,24+,25+,26+,27+,28?,29?,30?,31-,32-,33-,55?,56?,57?;;/m0../s1. The Kier molecular flexibility index (Phi) is 22.7. The Morgan fingerprint density at radius 2 is 0.729 bits per heavy atom. The van der Waals surface area contributed by atoms with Crippen LogP contribution in [0.25, 0.3) is 0 Å². The molecule has 0 spiro atoms. The van der Waals surface area contributed by atoms with Crippen LogP contribution in [0.5, 0.6) is 0 Å². The first kappa shape index (κ1) is 55.1. The fourth-order valence-electron chi connectivity index (χ4n) is 7.73. The van der Waals surface area contributed by atoms with Gasteiger partial charge in [-0.25, -0.2) is 0 Å². The highest BCUT2D eigenvalue weighted by atomic mass is 31.2. The molecule has 0 radical (unpaired) electrons. The first-order valence-electron chi connectivity index (χ1n) is 18.9. The average Bonchev–Trinajstić information content (AvgIpc) is 3.86. The maximum atomic E-state index is 14.0. The molecule has 352 valence electrons. The molecule has 0 saturated carbocycles. The van der Waals surface area contributed by atoms with Gasteiger partial charge in [-0.15, -0.1) is 0 Å². The second-order valence-corrected chi connectivity index (χ2v) is 20.5. The van der Waals surface area contributed by atoms with E-state index in [0.717, 1.165) is 0 Å². The molecule has 4 aliphatic heterocycles. The van der Waals surface area contributed by atoms with E-state index in [1.165, 1.54) is 28.4 Å². The number of rotatable bonds is 24. The van der Waals surface area contributed by atoms with Crippen molar-refractivity contribution < 1.29 is 99.2 Å². The van der Waals surface area contributed by atoms with E-state index in [1.807, 2.05) is 13.8 Å². The molecular weight excluding hydrogens is 849 g/mol. The molecule has 59 heavy (non-hydrogen) atoms. The molecule has 0 aromatic carbocycles. The van der Waals surface area contributed by atoms with Gasteiger partial charge in [0.2, 0.25) is 0 Å². The zero-order chi connectivity index (χ0) is 42.3. The third-order valence-electron chi connectivity index (χ3n) is 10.8. The third kappa shape index (κ3) is 13.3. The van der Waals surface area contributed by atoms with Crippen molar-refractivity contribution in [2.75, 3.05) is 73.9 Å². The number of methoxy groups -OCH3 is 4. The van der Waals surface area contributed by atoms with Crippen molar-refractivity contribution >= 4 is 22.8 Å². The van der Waals surface area contributed by atoms with E-state index in [1.54, 1.807) is 20.8 Å². The van der Waals surface area contributed by atoms with Crippen LogP contribution < -0.4 is 0 Å². The largest absolute Gasteiger partial charge is 0.396 e. The van der Waals surface area contributed by atoms with E-state index in [-0.39, 0.29) is 52.6 Å². The molecule has 4 aliphatic rings. The van der Waals surface area contributed by atoms with Crippen LogP contribution in [0, 0.1) is 5.92 Å². The van der Waals surface area contributed by atoms with Gasteiger partial charge in [-0.1, -0.05) is 21.8 Å². The van der Waals surface area contributed by atoms with Crippen molar-refractivity contribution in [2.45, 2.75) is 147 Å². The molecule has 24 heteroatoms. The summed E-state index contributed by atoms with van der Waals surface area (Å²) in [6.45, 7) is 7.38. The zero-order valence-corrected chi connectivity index (χ0v) is 36.6. The minimum atomic E-state index is -4.45. The Balaban J connectivity index is 0.00000600. The lowest BCUT2D eigenvalue weighted by molar-refractivity contribution is -0.0422. The van der Waals surface area contributed by atoms with Crippen LogP contribution in [0.2, 0.25) is 0 Å². The van der Waals surface area contributed by atoms with Crippen LogP contribution in [0.1, 0.15) is 55.9 Å². The number of aliphatic hydroxyl groups excluding tert-OH is 4. The van der Waals surface area contributed by atoms with Crippen molar-refractivity contribution in [3.8, 4) is 0 Å². The molecule has 4 N–H and O–H groups in total. The lowest BCUT2D eigenvalue weighted by atomic mass is 9.99. The predicted molar refractivity (Wildman–Crippen MR) is 211 cm³/mol. The summed E-state index contributed by atoms with van der Waals surface area (Å²) in [4.78, 5) is 0. The van der Waals surface area contributed by atoms with Crippen molar-refractivity contribution in [3.05, 3.63) is 0 Å². The molecule has 19 atom stereocenters. The molecule has 0 bridgehead atoms. The Labute approximate surface area is 348 Å². The fourth-order valence-corrected chi connectivity index (χ4v) is 11.4. The van der Waals surface area contributed by atoms with Gasteiger partial charge in [-0.2, -0.15) is 0 Å². The van der Waals surface area contributed by atoms with E-state index in [0.29, 0.717) is 0 Å². The topological polar surface area (TPSA) is 261 Å². The van der Waals surface area contributed by atoms with Crippen LogP contribution in [0.4, 0.5) is 0 Å². The number of aliphatic hydroxyl groups is 4. The lowest BCUT2D eigenvalue weighted by Gasteiger charge is -2.30. The highest BCUT2D eigenvalue weighted by Crippen LogP contribution is 2.55. The number of ether oxygens (including phenoxy) is 8. The van der Waals surface area contributed by atoms with Crippen LogP contribution in [0.15, 0.2) is 0 Å². The minimum absolute atomic E-state index is 0. The lowest BCUT2D eigenvalue weighted by Crippen LogP contribution is -2.39. The van der Waals surface area contributed by atoms with Crippen molar-refractivity contribution in [1.29, 1.82) is 0 Å². The van der Waals surface area contributed by atoms with Crippen molar-refractivity contribution in [2.24, 2.45) is 5.92 Å². The van der Waals surface area contributed by atoms with Gasteiger partial charge in [-0.3, -0.25) is 27.3 Å². The molecule has 4 heterocycles. The summed E-state index contributed by atoms with van der Waals surface area (Å²) in [6, 6.07) is 0. The van der Waals surface area contributed by atoms with Gasteiger partial charge >= 0.3 is 22.8 Å². The molecule has 0 aromatic rings. The quantitative estimate of drug-likeness (QED) is 0.101. The molecule has 4 fully saturated rings. The van der Waals surface area contributed by atoms with E-state index in [9.17, 15) is 34.1 Å². The Morgan fingerprint density at radius 3 is 1.03 bits per heavy atom. The van der Waals surface area contributed by atoms with Gasteiger partial charge in [0.1, 0.15) is 74.0 Å². The Bertz CT molecular complexity index is 1380. The molecule has 0 aromatic heterocycles. The second-order valence-electron chi connectivity index (χ2n) is 14.5. The predicted octanol–water partition coefficient (Wildman–Crippen LogP) is 3.12. The average molecular weight is 921 g/mol. The zero-order valence-electron chi connectivity index (χ0n) is 34.0. The van der Waals surface area contributed by atoms with Gasteiger partial charge in [0.05, 0.1) is 56.4 Å². The fraction of sp³-hybridized carbons (Fsp3) is 1.00. The highest BCUT2D eigenvalue weighted by Gasteiger charge is 2.52. The molecule has 7 unspecified atom stereocenters. The normalized spacial score (nSPS) is 40.2. The number of hydrogen-bond donors (Lipinski definition) is 4. The van der Waals surface area contributed by atoms with E-state index >= 15 is 0 Å². The van der Waals surface area contributed by atoms with E-state index in [4.69, 9.17) is 65.0 Å². The highest BCUT2D eigenvalue weighted by molar-refractivity contribution is 7.54. The Morgan fingerprint density at radius 1 is 0.441 bits per heavy atom. The summed E-state index contributed by atoms with van der Waals surface area (Å²) in [5.74, 6) is 0.0273. The van der Waals surface area contributed by atoms with Gasteiger partial charge in [0.15, 0.2) is 0 Å². The SMILES string of the molecule is C.C.COC1[C@H](C)O[C@H](CCO)[C@@H]1OP(=O)(CO)OC[C@H]1O[C@@H](C)C(OC)[C@H]1OP(=O)(CO)OC[C@H]1O[C@@H](C)C(OC)[C@H]1OP(=O)(CO)OC[C@H]1O[C@@H](C)C(C)[C@H]1OC. The second kappa shape index (κ2) is 24.3. The third-order valence-corrected chi connectivity index (χ3v) is 15.2. The van der Waals surface area contributed by atoms with E-state index < -0.39 is 134 Å². The van der Waals surface area contributed by atoms with Gasteiger partial charge < -0.3 is 71.9 Å². The van der Waals surface area contributed by atoms with Crippen LogP contribution in [0.3, 0.4) is 0 Å². The summed E-state index contributed by atoms with van der Waals surface area (Å²) in [5.41, 5.74) is 0.